The average Bonchev–Trinajstić information content (AvgIpc) is 2.89. The third-order valence-electron chi connectivity index (χ3n) is 3.95. The Morgan fingerprint density at radius 2 is 2.32 bits per heavy atom. The van der Waals surface area contributed by atoms with E-state index < -0.39 is 55.1 Å². The second-order valence-electron chi connectivity index (χ2n) is 6.31. The van der Waals surface area contributed by atoms with Gasteiger partial charge in [-0.15, -0.1) is 0 Å². The van der Waals surface area contributed by atoms with Gasteiger partial charge in [-0.1, -0.05) is 13.8 Å². The van der Waals surface area contributed by atoms with Crippen LogP contribution in [-0.4, -0.2) is 50.9 Å². The fourth-order valence-electron chi connectivity index (χ4n) is 2.26. The van der Waals surface area contributed by atoms with Gasteiger partial charge in [-0.25, -0.2) is 9.18 Å². The summed E-state index contributed by atoms with van der Waals surface area (Å²) < 4.78 is 41.6. The van der Waals surface area contributed by atoms with Crippen molar-refractivity contribution >= 4 is 0 Å². The summed E-state index contributed by atoms with van der Waals surface area (Å²) in [4.78, 5) is 25.4. The van der Waals surface area contributed by atoms with Crippen LogP contribution in [0.25, 0.3) is 0 Å². The number of nitrogens with two attached hydrogens (primary N) is 1. The third kappa shape index (κ3) is 4.53. The van der Waals surface area contributed by atoms with E-state index in [-0.39, 0.29) is 18.1 Å². The molecular weight excluding hydrogens is 337 g/mol. The molecule has 5 N–H and O–H groups in total. The van der Waals surface area contributed by atoms with Crippen molar-refractivity contribution in [3.63, 3.8) is 0 Å². The molecule has 1 saturated heterocycles. The highest BCUT2D eigenvalue weighted by Crippen LogP contribution is 2.37. The summed E-state index contributed by atoms with van der Waals surface area (Å²) in [6.45, 7) is -0.352. The van der Waals surface area contributed by atoms with Gasteiger partial charge in [0.2, 0.25) is 5.85 Å². The molecule has 1 fully saturated rings. The van der Waals surface area contributed by atoms with Crippen molar-refractivity contribution in [2.45, 2.75) is 51.1 Å². The molecule has 1 aliphatic heterocycles. The summed E-state index contributed by atoms with van der Waals surface area (Å²) in [5.41, 5.74) is 3.73. The van der Waals surface area contributed by atoms with Gasteiger partial charge < -0.3 is 25.4 Å². The van der Waals surface area contributed by atoms with Gasteiger partial charge in [0, 0.05) is 18.7 Å². The maximum atomic E-state index is 15.2. The predicted octanol–water partition coefficient (Wildman–Crippen LogP) is -1.03. The number of aromatic nitrogens is 2. The highest BCUT2D eigenvalue weighted by Gasteiger charge is 2.48. The minimum Gasteiger partial charge on any atom is -0.391 e. The SMILES string of the molecule is [2H]C([2H])(OC[C@@H](N)C(C)C)[C@]1(F)C[C@@H](O)[C@H](n2cc(CO)c(=O)[nH]c2=O)O1. The molecule has 0 aromatic carbocycles. The van der Waals surface area contributed by atoms with E-state index in [9.17, 15) is 14.7 Å². The van der Waals surface area contributed by atoms with Gasteiger partial charge in [0.15, 0.2) is 6.23 Å². The first-order valence-corrected chi connectivity index (χ1v) is 7.81. The highest BCUT2D eigenvalue weighted by atomic mass is 19.2. The van der Waals surface area contributed by atoms with Crippen molar-refractivity contribution in [1.82, 2.24) is 9.55 Å². The van der Waals surface area contributed by atoms with E-state index in [0.717, 1.165) is 6.20 Å². The van der Waals surface area contributed by atoms with Gasteiger partial charge in [-0.2, -0.15) is 0 Å². The lowest BCUT2D eigenvalue weighted by Gasteiger charge is -2.23. The van der Waals surface area contributed by atoms with Crippen LogP contribution in [-0.2, 0) is 16.1 Å². The minimum absolute atomic E-state index is 0.0316. The molecule has 2 rings (SSSR count). The van der Waals surface area contributed by atoms with Gasteiger partial charge >= 0.3 is 5.69 Å². The quantitative estimate of drug-likeness (QED) is 0.486. The molecule has 10 heteroatoms. The first-order chi connectivity index (χ1) is 12.4. The third-order valence-corrected chi connectivity index (χ3v) is 3.95. The molecule has 25 heavy (non-hydrogen) atoms. The number of nitrogens with zero attached hydrogens (tertiary/aromatic N) is 1. The first-order valence-electron chi connectivity index (χ1n) is 8.81. The fraction of sp³-hybridized carbons (Fsp3) is 0.733. The molecule has 9 nitrogen and oxygen atoms in total. The van der Waals surface area contributed by atoms with E-state index in [1.165, 1.54) is 0 Å². The van der Waals surface area contributed by atoms with Crippen molar-refractivity contribution in [3.05, 3.63) is 32.6 Å². The lowest BCUT2D eigenvalue weighted by molar-refractivity contribution is -0.191. The van der Waals surface area contributed by atoms with Crippen molar-refractivity contribution in [2.75, 3.05) is 13.2 Å². The summed E-state index contributed by atoms with van der Waals surface area (Å²) in [5.74, 6) is -3.10. The van der Waals surface area contributed by atoms with E-state index in [2.05, 4.69) is 0 Å². The zero-order valence-electron chi connectivity index (χ0n) is 15.9. The van der Waals surface area contributed by atoms with Crippen molar-refractivity contribution in [1.29, 1.82) is 0 Å². The van der Waals surface area contributed by atoms with Crippen LogP contribution in [0.3, 0.4) is 0 Å². The zero-order valence-corrected chi connectivity index (χ0v) is 13.9. The number of hydrogen-bond donors (Lipinski definition) is 4. The molecule has 0 radical (unpaired) electrons. The van der Waals surface area contributed by atoms with Crippen molar-refractivity contribution in [3.8, 4) is 0 Å². The normalized spacial score (nSPS) is 29.6. The first kappa shape index (κ1) is 16.9. The highest BCUT2D eigenvalue weighted by molar-refractivity contribution is 5.04. The maximum absolute atomic E-state index is 15.2. The maximum Gasteiger partial charge on any atom is 0.330 e. The monoisotopic (exact) mass is 363 g/mol. The summed E-state index contributed by atoms with van der Waals surface area (Å²) >= 11 is 0. The number of nitrogens with one attached hydrogen (secondary N) is 1. The molecule has 0 saturated carbocycles. The summed E-state index contributed by atoms with van der Waals surface area (Å²) in [5, 5.41) is 19.3. The van der Waals surface area contributed by atoms with E-state index in [0.29, 0.717) is 4.57 Å². The molecule has 2 heterocycles. The summed E-state index contributed by atoms with van der Waals surface area (Å²) in [6, 6.07) is -0.542. The number of halogens is 1. The molecular formula is C15H24FN3O6. The Balaban J connectivity index is 2.26. The van der Waals surface area contributed by atoms with E-state index in [4.69, 9.17) is 23.1 Å². The Kier molecular flexibility index (Phi) is 5.22. The molecule has 1 aromatic heterocycles. The van der Waals surface area contributed by atoms with E-state index >= 15 is 4.39 Å². The molecule has 0 aliphatic carbocycles. The Bertz CT molecular complexity index is 786. The lowest BCUT2D eigenvalue weighted by Crippen LogP contribution is -2.38. The number of alkyl halides is 1. The van der Waals surface area contributed by atoms with Crippen molar-refractivity contribution in [2.24, 2.45) is 11.7 Å². The van der Waals surface area contributed by atoms with Crippen LogP contribution in [0.1, 0.15) is 34.8 Å². The number of aliphatic hydroxyl groups excluding tert-OH is 2. The van der Waals surface area contributed by atoms with Gasteiger partial charge in [-0.3, -0.25) is 14.3 Å². The van der Waals surface area contributed by atoms with Gasteiger partial charge in [0.1, 0.15) is 12.7 Å². The van der Waals surface area contributed by atoms with Gasteiger partial charge in [-0.05, 0) is 5.92 Å². The number of hydrogen-bond acceptors (Lipinski definition) is 7. The molecule has 1 aliphatic rings. The Morgan fingerprint density at radius 1 is 1.64 bits per heavy atom. The molecule has 1 aromatic rings. The van der Waals surface area contributed by atoms with Crippen LogP contribution in [0.4, 0.5) is 4.39 Å². The number of rotatable bonds is 7. The summed E-state index contributed by atoms with van der Waals surface area (Å²) in [7, 11) is 0. The average molecular weight is 363 g/mol. The lowest BCUT2D eigenvalue weighted by atomic mass is 10.1. The standard InChI is InChI=1S/C15H24FN3O6/c1-8(2)10(17)6-24-7-15(16)3-11(21)13(25-15)19-4-9(5-20)12(22)18-14(19)23/h4,8,10-11,13,20-21H,3,5-7,17H2,1-2H3,(H,18,22,23)/t10-,11-,13-,15+/m1/s1/i7D2. The Morgan fingerprint density at radius 3 is 2.92 bits per heavy atom. The molecule has 0 spiro atoms. The van der Waals surface area contributed by atoms with Crippen molar-refractivity contribution < 1.29 is 26.8 Å². The fourth-order valence-corrected chi connectivity index (χ4v) is 2.26. The number of aromatic amines is 1. The number of H-pyrrole nitrogens is 1. The van der Waals surface area contributed by atoms with Crippen LogP contribution in [0.15, 0.2) is 15.8 Å². The largest absolute Gasteiger partial charge is 0.391 e. The van der Waals surface area contributed by atoms with Crippen LogP contribution >= 0.6 is 0 Å². The number of aliphatic hydroxyl groups is 2. The predicted molar refractivity (Wildman–Crippen MR) is 85.5 cm³/mol. The van der Waals surface area contributed by atoms with Crippen LogP contribution < -0.4 is 17.0 Å². The Hall–Kier alpha value is -1.59. The van der Waals surface area contributed by atoms with Gasteiger partial charge in [0.05, 0.1) is 21.5 Å². The second kappa shape index (κ2) is 7.75. The smallest absolute Gasteiger partial charge is 0.330 e. The van der Waals surface area contributed by atoms with Crippen LogP contribution in [0.5, 0.6) is 0 Å². The molecule has 0 bridgehead atoms. The number of ether oxygens (including phenoxy) is 2. The van der Waals surface area contributed by atoms with E-state index in [1.54, 1.807) is 13.8 Å². The molecule has 142 valence electrons. The van der Waals surface area contributed by atoms with E-state index in [1.807, 2.05) is 4.98 Å². The molecule has 4 atom stereocenters. The van der Waals surface area contributed by atoms with Crippen LogP contribution in [0.2, 0.25) is 0 Å². The summed E-state index contributed by atoms with van der Waals surface area (Å²) in [6.07, 6.45) is -3.13. The second-order valence-corrected chi connectivity index (χ2v) is 6.31. The zero-order chi connectivity index (χ0) is 20.6. The Labute approximate surface area is 146 Å². The van der Waals surface area contributed by atoms with Crippen LogP contribution in [0, 0.1) is 5.92 Å². The topological polar surface area (TPSA) is 140 Å². The molecule has 0 unspecified atom stereocenters. The molecule has 0 amide bonds. The minimum atomic E-state index is -3.07. The van der Waals surface area contributed by atoms with Gasteiger partial charge in [0.25, 0.3) is 5.56 Å².